The molecule has 7 nitrogen and oxygen atoms in total. The Morgan fingerprint density at radius 2 is 1.97 bits per heavy atom. The average Bonchev–Trinajstić information content (AvgIpc) is 2.73. The van der Waals surface area contributed by atoms with Crippen molar-refractivity contribution in [2.75, 3.05) is 10.6 Å². The molecule has 2 N–H and O–H groups in total. The predicted octanol–water partition coefficient (Wildman–Crippen LogP) is 6.19. The maximum atomic E-state index is 14.9. The Balaban J connectivity index is 2.29. The summed E-state index contributed by atoms with van der Waals surface area (Å²) in [5.74, 6) is -0.744. The standard InChI is InChI=1S/C26H36FN5O2/c1-8-9-10-22(17(3)12-23(33)34-26(5,6)7)31-25-21(27)13-19(14-28)24(32-25)30-20-11-16(2)18(4)29-15-20/h11,13,15,17,22H,8-10,12H2,1-7H3,(H2,30,31,32)/t17-,22-/m1/s1. The summed E-state index contributed by atoms with van der Waals surface area (Å²) < 4.78 is 20.4. The van der Waals surface area contributed by atoms with Crippen LogP contribution in [0.5, 0.6) is 0 Å². The molecule has 8 heteroatoms. The van der Waals surface area contributed by atoms with Crippen molar-refractivity contribution < 1.29 is 13.9 Å². The fraction of sp³-hybridized carbons (Fsp3) is 0.538. The molecule has 0 saturated carbocycles. The van der Waals surface area contributed by atoms with Crippen molar-refractivity contribution in [3.8, 4) is 6.07 Å². The number of anilines is 3. The van der Waals surface area contributed by atoms with Crippen LogP contribution in [0.15, 0.2) is 18.3 Å². The summed E-state index contributed by atoms with van der Waals surface area (Å²) in [6.45, 7) is 13.4. The number of carbonyl (C=O) groups excluding carboxylic acids is 1. The average molecular weight is 470 g/mol. The lowest BCUT2D eigenvalue weighted by Gasteiger charge is -2.27. The number of esters is 1. The minimum absolute atomic E-state index is 0.0374. The van der Waals surface area contributed by atoms with Crippen LogP contribution in [0.3, 0.4) is 0 Å². The summed E-state index contributed by atoms with van der Waals surface area (Å²) in [5, 5.41) is 15.8. The van der Waals surface area contributed by atoms with Crippen molar-refractivity contribution in [1.29, 1.82) is 5.26 Å². The molecular formula is C26H36FN5O2. The van der Waals surface area contributed by atoms with E-state index < -0.39 is 11.4 Å². The van der Waals surface area contributed by atoms with Crippen LogP contribution in [0.2, 0.25) is 0 Å². The van der Waals surface area contributed by atoms with Crippen LogP contribution in [-0.2, 0) is 9.53 Å². The second-order valence-corrected chi connectivity index (χ2v) is 9.74. The van der Waals surface area contributed by atoms with Crippen molar-refractivity contribution in [3.63, 3.8) is 0 Å². The summed E-state index contributed by atoms with van der Waals surface area (Å²) in [4.78, 5) is 21.1. The van der Waals surface area contributed by atoms with Gasteiger partial charge in [-0.25, -0.2) is 9.37 Å². The maximum Gasteiger partial charge on any atom is 0.306 e. The minimum Gasteiger partial charge on any atom is -0.460 e. The number of aromatic nitrogens is 2. The van der Waals surface area contributed by atoms with E-state index in [-0.39, 0.29) is 41.5 Å². The van der Waals surface area contributed by atoms with E-state index in [1.807, 2.05) is 53.7 Å². The highest BCUT2D eigenvalue weighted by Gasteiger charge is 2.25. The third kappa shape index (κ3) is 7.98. The van der Waals surface area contributed by atoms with E-state index in [1.54, 1.807) is 6.20 Å². The summed E-state index contributed by atoms with van der Waals surface area (Å²) >= 11 is 0. The molecule has 0 bridgehead atoms. The van der Waals surface area contributed by atoms with Gasteiger partial charge >= 0.3 is 5.97 Å². The Kier molecular flexibility index (Phi) is 9.36. The lowest BCUT2D eigenvalue weighted by molar-refractivity contribution is -0.155. The van der Waals surface area contributed by atoms with E-state index in [2.05, 4.69) is 27.5 Å². The summed E-state index contributed by atoms with van der Waals surface area (Å²) in [7, 11) is 0. The molecule has 2 heterocycles. The zero-order valence-corrected chi connectivity index (χ0v) is 21.3. The van der Waals surface area contributed by atoms with Crippen molar-refractivity contribution in [2.24, 2.45) is 5.92 Å². The number of rotatable bonds is 10. The van der Waals surface area contributed by atoms with E-state index in [0.717, 1.165) is 30.5 Å². The molecule has 0 saturated heterocycles. The Morgan fingerprint density at radius 3 is 2.56 bits per heavy atom. The van der Waals surface area contributed by atoms with E-state index in [9.17, 15) is 14.4 Å². The molecule has 0 unspecified atom stereocenters. The van der Waals surface area contributed by atoms with Crippen LogP contribution in [0.1, 0.15) is 77.1 Å². The van der Waals surface area contributed by atoms with Crippen LogP contribution >= 0.6 is 0 Å². The molecule has 0 radical (unpaired) electrons. The highest BCUT2D eigenvalue weighted by Crippen LogP contribution is 2.27. The number of nitrogens with one attached hydrogen (secondary N) is 2. The van der Waals surface area contributed by atoms with Crippen molar-refractivity contribution in [1.82, 2.24) is 9.97 Å². The molecule has 2 rings (SSSR count). The first kappa shape index (κ1) is 27.0. The van der Waals surface area contributed by atoms with Gasteiger partial charge in [0.25, 0.3) is 0 Å². The highest BCUT2D eigenvalue weighted by molar-refractivity contribution is 5.70. The van der Waals surface area contributed by atoms with E-state index >= 15 is 0 Å². The topological polar surface area (TPSA) is 99.9 Å². The molecule has 0 amide bonds. The van der Waals surface area contributed by atoms with Crippen LogP contribution < -0.4 is 10.6 Å². The highest BCUT2D eigenvalue weighted by atomic mass is 19.1. The van der Waals surface area contributed by atoms with Gasteiger partial charge in [-0.1, -0.05) is 26.7 Å². The predicted molar refractivity (Wildman–Crippen MR) is 132 cm³/mol. The van der Waals surface area contributed by atoms with Gasteiger partial charge in [0.15, 0.2) is 17.5 Å². The molecule has 2 aromatic rings. The zero-order chi connectivity index (χ0) is 25.5. The van der Waals surface area contributed by atoms with Gasteiger partial charge in [-0.3, -0.25) is 9.78 Å². The number of hydrogen-bond acceptors (Lipinski definition) is 7. The largest absolute Gasteiger partial charge is 0.460 e. The number of hydrogen-bond donors (Lipinski definition) is 2. The minimum atomic E-state index is -0.619. The van der Waals surface area contributed by atoms with Crippen molar-refractivity contribution >= 4 is 23.3 Å². The number of ether oxygens (including phenoxy) is 1. The van der Waals surface area contributed by atoms with Crippen LogP contribution in [0, 0.1) is 36.9 Å². The maximum absolute atomic E-state index is 14.9. The Labute approximate surface area is 202 Å². The van der Waals surface area contributed by atoms with Crippen molar-refractivity contribution in [2.45, 2.75) is 85.8 Å². The van der Waals surface area contributed by atoms with Gasteiger partial charge in [-0.15, -0.1) is 0 Å². The van der Waals surface area contributed by atoms with Gasteiger partial charge in [-0.05, 0) is 64.7 Å². The molecule has 0 fully saturated rings. The lowest BCUT2D eigenvalue weighted by Crippen LogP contribution is -2.32. The summed E-state index contributed by atoms with van der Waals surface area (Å²) in [6.07, 6.45) is 4.47. The number of aryl methyl sites for hydroxylation is 2. The Bertz CT molecular complexity index is 1040. The first-order chi connectivity index (χ1) is 15.9. The third-order valence-electron chi connectivity index (χ3n) is 5.49. The van der Waals surface area contributed by atoms with Gasteiger partial charge in [0.2, 0.25) is 0 Å². The number of pyridine rings is 2. The number of carbonyl (C=O) groups is 1. The molecule has 0 aromatic carbocycles. The summed E-state index contributed by atoms with van der Waals surface area (Å²) in [5.41, 5.74) is 2.07. The second-order valence-electron chi connectivity index (χ2n) is 9.74. The molecule has 2 aromatic heterocycles. The number of nitrogens with zero attached hydrogens (tertiary/aromatic N) is 3. The zero-order valence-electron chi connectivity index (χ0n) is 21.3. The van der Waals surface area contributed by atoms with Gasteiger partial charge in [0.1, 0.15) is 11.7 Å². The van der Waals surface area contributed by atoms with Crippen LogP contribution in [0.4, 0.5) is 21.7 Å². The molecule has 184 valence electrons. The SMILES string of the molecule is CCCC[C@@H](Nc1nc(Nc2cnc(C)c(C)c2)c(C#N)cc1F)[C@H](C)CC(=O)OC(C)(C)C. The van der Waals surface area contributed by atoms with E-state index in [4.69, 9.17) is 4.74 Å². The molecular weight excluding hydrogens is 433 g/mol. The number of unbranched alkanes of at least 4 members (excludes halogenated alkanes) is 1. The van der Waals surface area contributed by atoms with E-state index in [0.29, 0.717) is 5.69 Å². The quantitative estimate of drug-likeness (QED) is 0.400. The van der Waals surface area contributed by atoms with Crippen LogP contribution in [0.25, 0.3) is 0 Å². The fourth-order valence-corrected chi connectivity index (χ4v) is 3.51. The summed E-state index contributed by atoms with van der Waals surface area (Å²) in [6, 6.07) is 4.86. The lowest BCUT2D eigenvalue weighted by atomic mass is 9.93. The molecule has 0 aliphatic heterocycles. The molecule has 0 aliphatic rings. The van der Waals surface area contributed by atoms with Crippen molar-refractivity contribution in [3.05, 3.63) is 41.0 Å². The van der Waals surface area contributed by atoms with Gasteiger partial charge in [0, 0.05) is 11.7 Å². The van der Waals surface area contributed by atoms with Gasteiger partial charge in [0.05, 0.1) is 23.9 Å². The Morgan fingerprint density at radius 1 is 1.26 bits per heavy atom. The first-order valence-corrected chi connectivity index (χ1v) is 11.7. The van der Waals surface area contributed by atoms with Crippen LogP contribution in [-0.4, -0.2) is 27.6 Å². The van der Waals surface area contributed by atoms with Gasteiger partial charge < -0.3 is 15.4 Å². The monoisotopic (exact) mass is 469 g/mol. The number of nitriles is 1. The third-order valence-corrected chi connectivity index (χ3v) is 5.49. The first-order valence-electron chi connectivity index (χ1n) is 11.7. The number of halogens is 1. The molecule has 0 aliphatic carbocycles. The smallest absolute Gasteiger partial charge is 0.306 e. The molecule has 2 atom stereocenters. The fourth-order valence-electron chi connectivity index (χ4n) is 3.51. The normalized spacial score (nSPS) is 13.0. The Hall–Kier alpha value is -3.21. The molecule has 0 spiro atoms. The molecule has 34 heavy (non-hydrogen) atoms. The van der Waals surface area contributed by atoms with E-state index in [1.165, 1.54) is 6.07 Å². The second kappa shape index (κ2) is 11.8. The van der Waals surface area contributed by atoms with Gasteiger partial charge in [-0.2, -0.15) is 5.26 Å².